The van der Waals surface area contributed by atoms with Crippen molar-refractivity contribution in [1.29, 1.82) is 5.26 Å². The minimum Gasteiger partial charge on any atom is -0.302 e. The van der Waals surface area contributed by atoms with Crippen molar-refractivity contribution < 1.29 is 4.79 Å². The Balaban J connectivity index is 2.42. The SMILES string of the molecule is CC(C=O)N1CCC(C#N)C1. The molecule has 0 bridgehead atoms. The molecule has 2 atom stereocenters. The van der Waals surface area contributed by atoms with Gasteiger partial charge >= 0.3 is 0 Å². The third kappa shape index (κ3) is 1.78. The largest absolute Gasteiger partial charge is 0.302 e. The molecule has 0 radical (unpaired) electrons. The summed E-state index contributed by atoms with van der Waals surface area (Å²) >= 11 is 0. The molecule has 60 valence electrons. The molecule has 1 heterocycles. The molecule has 0 aromatic rings. The second kappa shape index (κ2) is 3.49. The first-order valence-electron chi connectivity index (χ1n) is 3.87. The predicted molar refractivity (Wildman–Crippen MR) is 40.8 cm³/mol. The highest BCUT2D eigenvalue weighted by Gasteiger charge is 2.25. The van der Waals surface area contributed by atoms with Crippen LogP contribution in [0.25, 0.3) is 0 Å². The third-order valence-electron chi connectivity index (χ3n) is 2.18. The average molecular weight is 152 g/mol. The second-order valence-corrected chi connectivity index (χ2v) is 2.99. The number of hydrogen-bond donors (Lipinski definition) is 0. The number of likely N-dealkylation sites (tertiary alicyclic amines) is 1. The zero-order valence-electron chi connectivity index (χ0n) is 6.66. The van der Waals surface area contributed by atoms with E-state index in [-0.39, 0.29) is 12.0 Å². The highest BCUT2D eigenvalue weighted by molar-refractivity contribution is 5.56. The maximum Gasteiger partial charge on any atom is 0.136 e. The van der Waals surface area contributed by atoms with Crippen LogP contribution in [0.3, 0.4) is 0 Å². The lowest BCUT2D eigenvalue weighted by atomic mass is 10.1. The number of carbonyl (C=O) groups is 1. The van der Waals surface area contributed by atoms with E-state index in [9.17, 15) is 4.79 Å². The maximum absolute atomic E-state index is 10.4. The van der Waals surface area contributed by atoms with Crippen LogP contribution in [0.2, 0.25) is 0 Å². The lowest BCUT2D eigenvalue weighted by Crippen LogP contribution is -2.31. The minimum atomic E-state index is -0.0200. The lowest BCUT2D eigenvalue weighted by Gasteiger charge is -2.17. The van der Waals surface area contributed by atoms with E-state index >= 15 is 0 Å². The highest BCUT2D eigenvalue weighted by Crippen LogP contribution is 2.16. The van der Waals surface area contributed by atoms with Crippen LogP contribution in [0.1, 0.15) is 13.3 Å². The quantitative estimate of drug-likeness (QED) is 0.538. The van der Waals surface area contributed by atoms with E-state index in [0.29, 0.717) is 0 Å². The van der Waals surface area contributed by atoms with E-state index < -0.39 is 0 Å². The summed E-state index contributed by atoms with van der Waals surface area (Å²) in [4.78, 5) is 12.4. The van der Waals surface area contributed by atoms with E-state index in [1.54, 1.807) is 0 Å². The molecular weight excluding hydrogens is 140 g/mol. The Hall–Kier alpha value is -0.880. The summed E-state index contributed by atoms with van der Waals surface area (Å²) in [5, 5.41) is 8.57. The van der Waals surface area contributed by atoms with Gasteiger partial charge in [0.25, 0.3) is 0 Å². The molecule has 1 saturated heterocycles. The summed E-state index contributed by atoms with van der Waals surface area (Å²) < 4.78 is 0. The minimum absolute atomic E-state index is 0.0200. The number of carbonyl (C=O) groups excluding carboxylic acids is 1. The molecule has 11 heavy (non-hydrogen) atoms. The van der Waals surface area contributed by atoms with E-state index in [1.807, 2.05) is 11.8 Å². The van der Waals surface area contributed by atoms with Gasteiger partial charge in [0, 0.05) is 13.1 Å². The van der Waals surface area contributed by atoms with Crippen LogP contribution in [-0.2, 0) is 4.79 Å². The van der Waals surface area contributed by atoms with Gasteiger partial charge in [0.1, 0.15) is 6.29 Å². The van der Waals surface area contributed by atoms with Crippen LogP contribution in [0.4, 0.5) is 0 Å². The van der Waals surface area contributed by atoms with Crippen molar-refractivity contribution in [2.75, 3.05) is 13.1 Å². The molecule has 0 aromatic carbocycles. The van der Waals surface area contributed by atoms with Gasteiger partial charge in [-0.15, -0.1) is 0 Å². The third-order valence-corrected chi connectivity index (χ3v) is 2.18. The van der Waals surface area contributed by atoms with Gasteiger partial charge in [-0.1, -0.05) is 0 Å². The zero-order valence-corrected chi connectivity index (χ0v) is 6.66. The fraction of sp³-hybridized carbons (Fsp3) is 0.750. The Morgan fingerprint density at radius 2 is 2.55 bits per heavy atom. The summed E-state index contributed by atoms with van der Waals surface area (Å²) in [5.74, 6) is 0.136. The fourth-order valence-electron chi connectivity index (χ4n) is 1.35. The van der Waals surface area contributed by atoms with Gasteiger partial charge in [-0.05, 0) is 13.3 Å². The van der Waals surface area contributed by atoms with E-state index in [4.69, 9.17) is 5.26 Å². The van der Waals surface area contributed by atoms with Crippen molar-refractivity contribution in [1.82, 2.24) is 4.90 Å². The monoisotopic (exact) mass is 152 g/mol. The van der Waals surface area contributed by atoms with Crippen molar-refractivity contribution >= 4 is 6.29 Å². The molecule has 0 N–H and O–H groups in total. The molecule has 0 aromatic heterocycles. The first kappa shape index (κ1) is 8.22. The molecule has 3 heteroatoms. The van der Waals surface area contributed by atoms with E-state index in [2.05, 4.69) is 6.07 Å². The van der Waals surface area contributed by atoms with Gasteiger partial charge in [-0.3, -0.25) is 4.90 Å². The highest BCUT2D eigenvalue weighted by atomic mass is 16.1. The summed E-state index contributed by atoms with van der Waals surface area (Å²) in [5.41, 5.74) is 0. The van der Waals surface area contributed by atoms with Gasteiger partial charge in [0.05, 0.1) is 18.0 Å². The summed E-state index contributed by atoms with van der Waals surface area (Å²) in [6.07, 6.45) is 1.84. The number of nitrogens with zero attached hydrogens (tertiary/aromatic N) is 2. The van der Waals surface area contributed by atoms with Crippen molar-refractivity contribution in [2.24, 2.45) is 5.92 Å². The average Bonchev–Trinajstić information content (AvgIpc) is 2.50. The normalized spacial score (nSPS) is 27.8. The molecule has 0 spiro atoms. The first-order valence-corrected chi connectivity index (χ1v) is 3.87. The molecule has 1 aliphatic heterocycles. The van der Waals surface area contributed by atoms with Crippen LogP contribution in [0.15, 0.2) is 0 Å². The zero-order chi connectivity index (χ0) is 8.27. The van der Waals surface area contributed by atoms with Crippen molar-refractivity contribution in [3.8, 4) is 6.07 Å². The Kier molecular flexibility index (Phi) is 2.61. The molecule has 2 unspecified atom stereocenters. The van der Waals surface area contributed by atoms with Crippen LogP contribution < -0.4 is 0 Å². The molecule has 1 aliphatic rings. The van der Waals surface area contributed by atoms with Gasteiger partial charge in [-0.2, -0.15) is 5.26 Å². The van der Waals surface area contributed by atoms with Gasteiger partial charge < -0.3 is 4.79 Å². The Bertz CT molecular complexity index is 185. The molecule has 0 saturated carbocycles. The molecule has 0 aliphatic carbocycles. The predicted octanol–water partition coefficient (Wildman–Crippen LogP) is 0.419. The molecule has 3 nitrogen and oxygen atoms in total. The Morgan fingerprint density at radius 3 is 3.00 bits per heavy atom. The fourth-order valence-corrected chi connectivity index (χ4v) is 1.35. The molecule has 0 amide bonds. The number of rotatable bonds is 2. The van der Waals surface area contributed by atoms with Crippen LogP contribution in [0, 0.1) is 17.2 Å². The maximum atomic E-state index is 10.4. The number of hydrogen-bond acceptors (Lipinski definition) is 3. The molecule has 1 rings (SSSR count). The number of nitriles is 1. The molecular formula is C8H12N2O. The molecule has 1 fully saturated rings. The smallest absolute Gasteiger partial charge is 0.136 e. The van der Waals surface area contributed by atoms with Crippen LogP contribution in [-0.4, -0.2) is 30.3 Å². The second-order valence-electron chi connectivity index (χ2n) is 2.99. The van der Waals surface area contributed by atoms with E-state index in [0.717, 1.165) is 25.8 Å². The van der Waals surface area contributed by atoms with Crippen LogP contribution in [0.5, 0.6) is 0 Å². The van der Waals surface area contributed by atoms with Gasteiger partial charge in [0.15, 0.2) is 0 Å². The van der Waals surface area contributed by atoms with Crippen molar-refractivity contribution in [3.63, 3.8) is 0 Å². The summed E-state index contributed by atoms with van der Waals surface area (Å²) in [7, 11) is 0. The van der Waals surface area contributed by atoms with Crippen LogP contribution >= 0.6 is 0 Å². The summed E-state index contributed by atoms with van der Waals surface area (Å²) in [6, 6.07) is 2.20. The first-order chi connectivity index (χ1) is 5.27. The standard InChI is InChI=1S/C8H12N2O/c1-7(6-11)10-3-2-8(4-9)5-10/h6-8H,2-3,5H2,1H3. The Morgan fingerprint density at radius 1 is 1.82 bits per heavy atom. The van der Waals surface area contributed by atoms with E-state index in [1.165, 1.54) is 0 Å². The number of aldehydes is 1. The van der Waals surface area contributed by atoms with Crippen molar-refractivity contribution in [2.45, 2.75) is 19.4 Å². The topological polar surface area (TPSA) is 44.1 Å². The Labute approximate surface area is 66.6 Å². The summed E-state index contributed by atoms with van der Waals surface area (Å²) in [6.45, 7) is 3.52. The van der Waals surface area contributed by atoms with Gasteiger partial charge in [-0.25, -0.2) is 0 Å². The lowest BCUT2D eigenvalue weighted by molar-refractivity contribution is -0.111. The van der Waals surface area contributed by atoms with Gasteiger partial charge in [0.2, 0.25) is 0 Å². The van der Waals surface area contributed by atoms with Crippen molar-refractivity contribution in [3.05, 3.63) is 0 Å².